The predicted molar refractivity (Wildman–Crippen MR) is 88.2 cm³/mol. The van der Waals surface area contributed by atoms with Gasteiger partial charge in [-0.3, -0.25) is 9.58 Å². The van der Waals surface area contributed by atoms with E-state index in [4.69, 9.17) is 17.3 Å². The monoisotopic (exact) mass is 306 g/mol. The Balaban J connectivity index is 2.14. The van der Waals surface area contributed by atoms with Gasteiger partial charge in [0, 0.05) is 25.8 Å². The van der Waals surface area contributed by atoms with Gasteiger partial charge < -0.3 is 5.73 Å². The summed E-state index contributed by atoms with van der Waals surface area (Å²) < 4.78 is 1.89. The number of benzene rings is 1. The molecule has 0 amide bonds. The van der Waals surface area contributed by atoms with Crippen LogP contribution in [0.25, 0.3) is 0 Å². The molecule has 114 valence electrons. The molecular weight excluding hydrogens is 284 g/mol. The number of nitrogens with zero attached hydrogens (tertiary/aromatic N) is 3. The van der Waals surface area contributed by atoms with Gasteiger partial charge in [0.05, 0.1) is 16.4 Å². The Kier molecular flexibility index (Phi) is 5.26. The number of nitrogens with two attached hydrogens (primary N) is 1. The molecule has 5 heteroatoms. The Morgan fingerprint density at radius 2 is 2.05 bits per heavy atom. The molecule has 21 heavy (non-hydrogen) atoms. The maximum atomic E-state index is 6.43. The molecule has 0 aliphatic rings. The van der Waals surface area contributed by atoms with Crippen LogP contribution in [0.3, 0.4) is 0 Å². The first-order valence-corrected chi connectivity index (χ1v) is 7.69. The molecule has 0 bridgehead atoms. The van der Waals surface area contributed by atoms with E-state index in [-0.39, 0.29) is 0 Å². The molecule has 0 spiro atoms. The lowest BCUT2D eigenvalue weighted by Gasteiger charge is -2.21. The van der Waals surface area contributed by atoms with Crippen molar-refractivity contribution < 1.29 is 0 Å². The first-order chi connectivity index (χ1) is 10.0. The lowest BCUT2D eigenvalue weighted by molar-refractivity contribution is 0.264. The minimum Gasteiger partial charge on any atom is -0.399 e. The Labute approximate surface area is 131 Å². The third-order valence-corrected chi connectivity index (χ3v) is 4.12. The maximum Gasteiger partial charge on any atom is 0.0863 e. The third-order valence-electron chi connectivity index (χ3n) is 3.68. The topological polar surface area (TPSA) is 47.1 Å². The molecule has 2 aromatic rings. The van der Waals surface area contributed by atoms with E-state index in [1.807, 2.05) is 29.9 Å². The molecule has 0 aliphatic carbocycles. The highest BCUT2D eigenvalue weighted by atomic mass is 35.5. The van der Waals surface area contributed by atoms with Crippen LogP contribution in [0.1, 0.15) is 30.8 Å². The molecule has 0 radical (unpaired) electrons. The average Bonchev–Trinajstić information content (AvgIpc) is 2.73. The smallest absolute Gasteiger partial charge is 0.0863 e. The summed E-state index contributed by atoms with van der Waals surface area (Å²) in [6, 6.07) is 8.02. The number of rotatable bonds is 6. The second-order valence-electron chi connectivity index (χ2n) is 5.23. The molecular formula is C16H23ClN4. The van der Waals surface area contributed by atoms with Crippen molar-refractivity contribution in [2.45, 2.75) is 33.4 Å². The largest absolute Gasteiger partial charge is 0.399 e. The summed E-state index contributed by atoms with van der Waals surface area (Å²) in [6.45, 7) is 6.80. The van der Waals surface area contributed by atoms with E-state index >= 15 is 0 Å². The highest BCUT2D eigenvalue weighted by Gasteiger charge is 2.15. The van der Waals surface area contributed by atoms with Gasteiger partial charge in [0.2, 0.25) is 0 Å². The van der Waals surface area contributed by atoms with Gasteiger partial charge >= 0.3 is 0 Å². The Morgan fingerprint density at radius 3 is 2.62 bits per heavy atom. The summed E-state index contributed by atoms with van der Waals surface area (Å²) in [7, 11) is 1.95. The number of nitrogen functional groups attached to an aromatic ring is 1. The fourth-order valence-corrected chi connectivity index (χ4v) is 2.79. The third kappa shape index (κ3) is 3.77. The zero-order valence-electron chi connectivity index (χ0n) is 12.9. The van der Waals surface area contributed by atoms with Gasteiger partial charge in [-0.25, -0.2) is 0 Å². The van der Waals surface area contributed by atoms with Crippen molar-refractivity contribution in [3.8, 4) is 0 Å². The van der Waals surface area contributed by atoms with E-state index in [0.29, 0.717) is 0 Å². The van der Waals surface area contributed by atoms with Crippen molar-refractivity contribution >= 4 is 17.3 Å². The number of anilines is 1. The van der Waals surface area contributed by atoms with Gasteiger partial charge in [-0.15, -0.1) is 0 Å². The molecule has 0 aliphatic heterocycles. The minimum atomic E-state index is 0.785. The number of hydrogen-bond acceptors (Lipinski definition) is 3. The summed E-state index contributed by atoms with van der Waals surface area (Å²) in [5.74, 6) is 0. The van der Waals surface area contributed by atoms with Crippen molar-refractivity contribution in [2.75, 3.05) is 12.3 Å². The molecule has 2 rings (SSSR count). The number of aryl methyl sites for hydroxylation is 2. The molecule has 0 saturated carbocycles. The zero-order chi connectivity index (χ0) is 15.4. The van der Waals surface area contributed by atoms with Crippen LogP contribution in [0.2, 0.25) is 5.02 Å². The van der Waals surface area contributed by atoms with Crippen molar-refractivity contribution in [3.05, 3.63) is 46.2 Å². The fourth-order valence-electron chi connectivity index (χ4n) is 2.43. The number of halogens is 1. The van der Waals surface area contributed by atoms with Crippen LogP contribution in [-0.2, 0) is 26.6 Å². The second kappa shape index (κ2) is 6.96. The molecule has 0 unspecified atom stereocenters. The molecule has 0 fully saturated rings. The van der Waals surface area contributed by atoms with E-state index in [1.165, 1.54) is 5.56 Å². The average molecular weight is 307 g/mol. The van der Waals surface area contributed by atoms with Gasteiger partial charge in [0.15, 0.2) is 0 Å². The van der Waals surface area contributed by atoms with Crippen molar-refractivity contribution in [1.82, 2.24) is 14.7 Å². The Bertz CT molecular complexity index is 606. The summed E-state index contributed by atoms with van der Waals surface area (Å²) in [6.07, 6.45) is 0.855. The van der Waals surface area contributed by atoms with Gasteiger partial charge in [-0.2, -0.15) is 5.10 Å². The predicted octanol–water partition coefficient (Wildman–Crippen LogP) is 3.24. The van der Waals surface area contributed by atoms with Crippen molar-refractivity contribution in [3.63, 3.8) is 0 Å². The maximum absolute atomic E-state index is 6.43. The lowest BCUT2D eigenvalue weighted by atomic mass is 10.2. The van der Waals surface area contributed by atoms with Crippen molar-refractivity contribution in [1.29, 1.82) is 0 Å². The van der Waals surface area contributed by atoms with Crippen LogP contribution in [0.5, 0.6) is 0 Å². The van der Waals surface area contributed by atoms with Crippen LogP contribution in [-0.4, -0.2) is 21.2 Å². The highest BCUT2D eigenvalue weighted by Crippen LogP contribution is 2.23. The van der Waals surface area contributed by atoms with Crippen LogP contribution >= 0.6 is 11.6 Å². The second-order valence-corrected chi connectivity index (χ2v) is 5.61. The molecule has 1 aromatic heterocycles. The first kappa shape index (κ1) is 15.9. The summed E-state index contributed by atoms with van der Waals surface area (Å²) >= 11 is 6.43. The minimum absolute atomic E-state index is 0.785. The molecule has 1 aromatic carbocycles. The van der Waals surface area contributed by atoms with E-state index < -0.39 is 0 Å². The van der Waals surface area contributed by atoms with Gasteiger partial charge in [0.1, 0.15) is 0 Å². The van der Waals surface area contributed by atoms with E-state index in [1.54, 1.807) is 0 Å². The summed E-state index contributed by atoms with van der Waals surface area (Å²) in [4.78, 5) is 2.33. The van der Waals surface area contributed by atoms with Crippen LogP contribution in [0, 0.1) is 0 Å². The van der Waals surface area contributed by atoms with E-state index in [9.17, 15) is 0 Å². The molecule has 0 atom stereocenters. The normalized spacial score (nSPS) is 11.3. The standard InChI is InChI=1S/C16H23ClN4/c1-4-14-16(17)15(20(3)19-14)11-21(5-2)10-12-7-6-8-13(18)9-12/h6-9H,4-5,10-11,18H2,1-3H3. The Hall–Kier alpha value is -1.52. The fraction of sp³-hybridized carbons (Fsp3) is 0.438. The number of hydrogen-bond donors (Lipinski definition) is 1. The van der Waals surface area contributed by atoms with E-state index in [2.05, 4.69) is 29.9 Å². The van der Waals surface area contributed by atoms with Gasteiger partial charge in [0.25, 0.3) is 0 Å². The summed E-state index contributed by atoms with van der Waals surface area (Å²) in [5.41, 5.74) is 9.89. The Morgan fingerprint density at radius 1 is 1.29 bits per heavy atom. The molecule has 0 saturated heterocycles. The molecule has 4 nitrogen and oxygen atoms in total. The SMILES string of the molecule is CCc1nn(C)c(CN(CC)Cc2cccc(N)c2)c1Cl. The first-order valence-electron chi connectivity index (χ1n) is 7.32. The lowest BCUT2D eigenvalue weighted by Crippen LogP contribution is -2.24. The van der Waals surface area contributed by atoms with Gasteiger partial charge in [-0.05, 0) is 30.7 Å². The van der Waals surface area contributed by atoms with Gasteiger partial charge in [-0.1, -0.05) is 37.6 Å². The van der Waals surface area contributed by atoms with Crippen molar-refractivity contribution in [2.24, 2.45) is 7.05 Å². The molecule has 2 N–H and O–H groups in total. The van der Waals surface area contributed by atoms with Crippen LogP contribution in [0.4, 0.5) is 5.69 Å². The van der Waals surface area contributed by atoms with Crippen LogP contribution < -0.4 is 5.73 Å². The zero-order valence-corrected chi connectivity index (χ0v) is 13.7. The quantitative estimate of drug-likeness (QED) is 0.833. The number of aromatic nitrogens is 2. The highest BCUT2D eigenvalue weighted by molar-refractivity contribution is 6.31. The summed E-state index contributed by atoms with van der Waals surface area (Å²) in [5, 5.41) is 5.27. The van der Waals surface area contributed by atoms with Crippen LogP contribution in [0.15, 0.2) is 24.3 Å². The molecule has 1 heterocycles. The van der Waals surface area contributed by atoms with E-state index in [0.717, 1.165) is 48.2 Å².